The van der Waals surface area contributed by atoms with Gasteiger partial charge in [0, 0.05) is 12.1 Å². The van der Waals surface area contributed by atoms with Crippen LogP contribution < -0.4 is 9.47 Å². The summed E-state index contributed by atoms with van der Waals surface area (Å²) in [6.07, 6.45) is 4.72. The summed E-state index contributed by atoms with van der Waals surface area (Å²) >= 11 is 0. The topological polar surface area (TPSA) is 79.6 Å². The summed E-state index contributed by atoms with van der Waals surface area (Å²) in [5.74, 6) is 0.0204. The van der Waals surface area contributed by atoms with Gasteiger partial charge in [0.2, 0.25) is 0 Å². The van der Waals surface area contributed by atoms with Crippen LogP contribution in [0.1, 0.15) is 19.4 Å². The first-order valence-corrected chi connectivity index (χ1v) is 8.79. The van der Waals surface area contributed by atoms with E-state index in [1.54, 1.807) is 37.3 Å². The molecule has 0 aliphatic carbocycles. The van der Waals surface area contributed by atoms with E-state index in [4.69, 9.17) is 9.47 Å². The molecule has 1 aromatic carbocycles. The minimum atomic E-state index is -0.606. The molecule has 0 saturated heterocycles. The quantitative estimate of drug-likeness (QED) is 0.393. The first kappa shape index (κ1) is 20.7. The van der Waals surface area contributed by atoms with Crippen molar-refractivity contribution in [3.05, 3.63) is 65.8 Å². The second-order valence-electron chi connectivity index (χ2n) is 5.92. The molecule has 0 aromatic heterocycles. The van der Waals surface area contributed by atoms with E-state index >= 15 is 0 Å². The summed E-state index contributed by atoms with van der Waals surface area (Å²) in [6.45, 7) is 11.5. The zero-order valence-electron chi connectivity index (χ0n) is 16.0. The minimum absolute atomic E-state index is 0.0337. The molecule has 0 saturated carbocycles. The highest BCUT2D eigenvalue weighted by atomic mass is 16.5. The third-order valence-corrected chi connectivity index (χ3v) is 4.07. The number of rotatable bonds is 8. The fourth-order valence-corrected chi connectivity index (χ4v) is 2.74. The van der Waals surface area contributed by atoms with Crippen molar-refractivity contribution >= 4 is 17.9 Å². The van der Waals surface area contributed by atoms with Gasteiger partial charge in [-0.15, -0.1) is 6.58 Å². The van der Waals surface area contributed by atoms with Crippen LogP contribution in [0.25, 0.3) is 6.08 Å². The molecule has 6 heteroatoms. The van der Waals surface area contributed by atoms with Crippen molar-refractivity contribution in [1.82, 2.24) is 4.90 Å². The average molecular weight is 378 g/mol. The normalized spacial score (nSPS) is 15.5. The number of ether oxygens (including phenoxy) is 2. The maximum Gasteiger partial charge on any atom is 0.271 e. The van der Waals surface area contributed by atoms with Crippen molar-refractivity contribution in [2.45, 2.75) is 13.8 Å². The molecule has 0 bridgehead atoms. The number of nitriles is 1. The van der Waals surface area contributed by atoms with Crippen LogP contribution in [0.15, 0.2) is 60.2 Å². The number of hydrogen-bond acceptors (Lipinski definition) is 5. The van der Waals surface area contributed by atoms with Crippen molar-refractivity contribution in [3.8, 4) is 17.6 Å². The third kappa shape index (κ3) is 4.21. The number of carbonyl (C=O) groups excluding carboxylic acids is 2. The Hall–Kier alpha value is -3.59. The Morgan fingerprint density at radius 1 is 1.14 bits per heavy atom. The lowest BCUT2D eigenvalue weighted by Crippen LogP contribution is -2.42. The van der Waals surface area contributed by atoms with Crippen LogP contribution >= 0.6 is 0 Å². The second-order valence-corrected chi connectivity index (χ2v) is 5.92. The Balaban J connectivity index is 2.53. The molecule has 0 spiro atoms. The van der Waals surface area contributed by atoms with Gasteiger partial charge in [0.05, 0.1) is 6.61 Å². The first-order chi connectivity index (χ1) is 13.5. The Morgan fingerprint density at radius 3 is 2.50 bits per heavy atom. The lowest BCUT2D eigenvalue weighted by molar-refractivity contribution is -0.139. The van der Waals surface area contributed by atoms with Gasteiger partial charge in [-0.2, -0.15) is 5.26 Å². The van der Waals surface area contributed by atoms with E-state index in [2.05, 4.69) is 13.2 Å². The lowest BCUT2D eigenvalue weighted by Gasteiger charge is -2.26. The highest BCUT2D eigenvalue weighted by molar-refractivity contribution is 6.19. The number of imide groups is 1. The zero-order chi connectivity index (χ0) is 20.7. The number of benzene rings is 1. The van der Waals surface area contributed by atoms with Crippen molar-refractivity contribution < 1.29 is 19.1 Å². The lowest BCUT2D eigenvalue weighted by atomic mass is 9.93. The van der Waals surface area contributed by atoms with Gasteiger partial charge in [-0.3, -0.25) is 14.5 Å². The summed E-state index contributed by atoms with van der Waals surface area (Å²) in [7, 11) is 0. The molecule has 144 valence electrons. The number of carbonyl (C=O) groups is 2. The molecule has 2 amide bonds. The van der Waals surface area contributed by atoms with Gasteiger partial charge in [-0.25, -0.2) is 0 Å². The predicted octanol–water partition coefficient (Wildman–Crippen LogP) is 3.43. The van der Waals surface area contributed by atoms with Crippen molar-refractivity contribution in [1.29, 1.82) is 5.26 Å². The standard InChI is InChI=1S/C22H22N2O4/c1-5-10-24-21(25)17(15(4)18(14-23)22(24)26)12-16-8-9-19(28-11-6-2)20(13-16)27-7-3/h5-6,8-9,12-13H,1-2,7,10-11H2,3-4H3/b17-12+. The summed E-state index contributed by atoms with van der Waals surface area (Å²) in [5.41, 5.74) is 1.26. The van der Waals surface area contributed by atoms with E-state index in [-0.39, 0.29) is 17.7 Å². The largest absolute Gasteiger partial charge is 0.490 e. The smallest absolute Gasteiger partial charge is 0.271 e. The molecule has 1 heterocycles. The Morgan fingerprint density at radius 2 is 1.89 bits per heavy atom. The Bertz CT molecular complexity index is 919. The van der Waals surface area contributed by atoms with E-state index < -0.39 is 11.8 Å². The molecule has 0 atom stereocenters. The zero-order valence-corrected chi connectivity index (χ0v) is 16.0. The summed E-state index contributed by atoms with van der Waals surface area (Å²) in [5, 5.41) is 9.36. The van der Waals surface area contributed by atoms with Crippen LogP contribution in [0.3, 0.4) is 0 Å². The van der Waals surface area contributed by atoms with Gasteiger partial charge in [-0.05, 0) is 43.2 Å². The average Bonchev–Trinajstić information content (AvgIpc) is 2.68. The fraction of sp³-hybridized carbons (Fsp3) is 0.227. The van der Waals surface area contributed by atoms with Gasteiger partial charge in [-0.1, -0.05) is 24.8 Å². The SMILES string of the molecule is C=CCOc1ccc(/C=C2/C(=O)N(CC=C)C(=O)C(C#N)=C2C)cc1OCC. The van der Waals surface area contributed by atoms with Crippen molar-refractivity contribution in [2.24, 2.45) is 0 Å². The van der Waals surface area contributed by atoms with Gasteiger partial charge in [0.1, 0.15) is 18.2 Å². The maximum atomic E-state index is 12.8. The first-order valence-electron chi connectivity index (χ1n) is 8.79. The fourth-order valence-electron chi connectivity index (χ4n) is 2.74. The molecule has 0 fully saturated rings. The molecule has 0 radical (unpaired) electrons. The molecule has 0 unspecified atom stereocenters. The highest BCUT2D eigenvalue weighted by Gasteiger charge is 2.34. The summed E-state index contributed by atoms with van der Waals surface area (Å²) in [4.78, 5) is 26.2. The summed E-state index contributed by atoms with van der Waals surface area (Å²) < 4.78 is 11.2. The van der Waals surface area contributed by atoms with Crippen LogP contribution in [-0.4, -0.2) is 36.5 Å². The third-order valence-electron chi connectivity index (χ3n) is 4.07. The molecule has 0 N–H and O–H groups in total. The van der Waals surface area contributed by atoms with E-state index in [9.17, 15) is 14.9 Å². The monoisotopic (exact) mass is 378 g/mol. The molecule has 1 aromatic rings. The van der Waals surface area contributed by atoms with Gasteiger partial charge >= 0.3 is 0 Å². The maximum absolute atomic E-state index is 12.8. The predicted molar refractivity (Wildman–Crippen MR) is 107 cm³/mol. The van der Waals surface area contributed by atoms with Gasteiger partial charge < -0.3 is 9.47 Å². The Kier molecular flexibility index (Phi) is 6.94. The van der Waals surface area contributed by atoms with E-state index in [0.717, 1.165) is 4.90 Å². The molecular weight excluding hydrogens is 356 g/mol. The van der Waals surface area contributed by atoms with E-state index in [1.807, 2.05) is 13.0 Å². The number of amides is 2. The Labute approximate surface area is 164 Å². The number of hydrogen-bond donors (Lipinski definition) is 0. The molecular formula is C22H22N2O4. The second kappa shape index (κ2) is 9.38. The van der Waals surface area contributed by atoms with Crippen LogP contribution in [0.4, 0.5) is 0 Å². The van der Waals surface area contributed by atoms with Gasteiger partial charge in [0.15, 0.2) is 11.5 Å². The van der Waals surface area contributed by atoms with Crippen LogP contribution in [-0.2, 0) is 9.59 Å². The number of nitrogens with zero attached hydrogens (tertiary/aromatic N) is 2. The van der Waals surface area contributed by atoms with Crippen molar-refractivity contribution in [2.75, 3.05) is 19.8 Å². The van der Waals surface area contributed by atoms with E-state index in [1.165, 1.54) is 6.08 Å². The van der Waals surface area contributed by atoms with Crippen molar-refractivity contribution in [3.63, 3.8) is 0 Å². The molecule has 2 rings (SSSR count). The van der Waals surface area contributed by atoms with E-state index in [0.29, 0.717) is 35.8 Å². The molecule has 1 aliphatic rings. The molecule has 28 heavy (non-hydrogen) atoms. The van der Waals surface area contributed by atoms with Gasteiger partial charge in [0.25, 0.3) is 11.8 Å². The minimum Gasteiger partial charge on any atom is -0.490 e. The summed E-state index contributed by atoms with van der Waals surface area (Å²) in [6, 6.07) is 7.16. The molecule has 6 nitrogen and oxygen atoms in total. The van der Waals surface area contributed by atoms with Crippen LogP contribution in [0.2, 0.25) is 0 Å². The molecule has 1 aliphatic heterocycles. The van der Waals surface area contributed by atoms with Crippen LogP contribution in [0.5, 0.6) is 11.5 Å². The van der Waals surface area contributed by atoms with Crippen LogP contribution in [0, 0.1) is 11.3 Å². The highest BCUT2D eigenvalue weighted by Crippen LogP contribution is 2.32.